The first-order chi connectivity index (χ1) is 12.6. The number of carbonyl (C=O) groups excluding carboxylic acids is 2. The molecule has 1 aliphatic heterocycles. The molecule has 0 spiro atoms. The van der Waals surface area contributed by atoms with E-state index in [1.165, 1.54) is 7.11 Å². The summed E-state index contributed by atoms with van der Waals surface area (Å²) in [5.74, 6) is 0.0204. The van der Waals surface area contributed by atoms with Gasteiger partial charge in [-0.15, -0.1) is 0 Å². The molecule has 2 heterocycles. The van der Waals surface area contributed by atoms with E-state index < -0.39 is 0 Å². The molecule has 1 atom stereocenters. The number of ether oxygens (including phenoxy) is 1. The molecule has 0 bridgehead atoms. The van der Waals surface area contributed by atoms with E-state index in [0.29, 0.717) is 30.1 Å². The van der Waals surface area contributed by atoms with Crippen molar-refractivity contribution in [2.45, 2.75) is 18.9 Å². The zero-order valence-electron chi connectivity index (χ0n) is 14.4. The molecule has 136 valence electrons. The highest BCUT2D eigenvalue weighted by molar-refractivity contribution is 6.30. The Hall–Kier alpha value is -2.60. The summed E-state index contributed by atoms with van der Waals surface area (Å²) >= 11 is 5.99. The number of benzene rings is 1. The van der Waals surface area contributed by atoms with Crippen molar-refractivity contribution in [1.82, 2.24) is 15.2 Å². The highest BCUT2D eigenvalue weighted by atomic mass is 35.5. The number of methoxy groups -OCH3 is 1. The second kappa shape index (κ2) is 8.19. The van der Waals surface area contributed by atoms with Gasteiger partial charge in [-0.05, 0) is 36.2 Å². The highest BCUT2D eigenvalue weighted by Crippen LogP contribution is 2.17. The number of amides is 2. The van der Waals surface area contributed by atoms with Gasteiger partial charge >= 0.3 is 0 Å². The van der Waals surface area contributed by atoms with Crippen LogP contribution >= 0.6 is 11.6 Å². The van der Waals surface area contributed by atoms with Crippen LogP contribution in [0, 0.1) is 0 Å². The zero-order valence-corrected chi connectivity index (χ0v) is 15.2. The van der Waals surface area contributed by atoms with Crippen LogP contribution in [0.15, 0.2) is 42.6 Å². The molecule has 1 fully saturated rings. The average molecular weight is 374 g/mol. The molecule has 2 amide bonds. The normalized spacial score (nSPS) is 16.6. The number of nitrogens with one attached hydrogen (secondary N) is 1. The smallest absolute Gasteiger partial charge is 0.257 e. The number of likely N-dealkylation sites (tertiary alicyclic amines) is 1. The van der Waals surface area contributed by atoms with Crippen LogP contribution in [0.3, 0.4) is 0 Å². The molecular formula is C19H20ClN3O3. The minimum Gasteiger partial charge on any atom is -0.480 e. The van der Waals surface area contributed by atoms with Crippen LogP contribution in [0.2, 0.25) is 5.02 Å². The Morgan fingerprint density at radius 2 is 2.23 bits per heavy atom. The number of pyridine rings is 1. The maximum absolute atomic E-state index is 12.4. The first-order valence-corrected chi connectivity index (χ1v) is 8.76. The number of nitrogens with zero attached hydrogens (tertiary/aromatic N) is 2. The fourth-order valence-corrected chi connectivity index (χ4v) is 3.24. The molecule has 26 heavy (non-hydrogen) atoms. The molecule has 2 aromatic rings. The highest BCUT2D eigenvalue weighted by Gasteiger charge is 2.31. The Bertz CT molecular complexity index is 812. The van der Waals surface area contributed by atoms with E-state index in [1.54, 1.807) is 23.2 Å². The van der Waals surface area contributed by atoms with Gasteiger partial charge in [0.05, 0.1) is 13.2 Å². The van der Waals surface area contributed by atoms with Crippen molar-refractivity contribution in [2.24, 2.45) is 0 Å². The van der Waals surface area contributed by atoms with Gasteiger partial charge in [-0.25, -0.2) is 4.98 Å². The Labute approximate surface area is 157 Å². The molecule has 1 N–H and O–H groups in total. The van der Waals surface area contributed by atoms with Gasteiger partial charge in [0.2, 0.25) is 11.8 Å². The van der Waals surface area contributed by atoms with E-state index in [4.69, 9.17) is 16.3 Å². The van der Waals surface area contributed by atoms with Gasteiger partial charge in [0.15, 0.2) is 0 Å². The SMILES string of the molecule is COc1ncccc1C(=O)N[C@H]1CC(=O)N(CCc2cccc(Cl)c2)C1. The Balaban J connectivity index is 1.56. The number of halogens is 1. The van der Waals surface area contributed by atoms with Crippen molar-refractivity contribution in [2.75, 3.05) is 20.2 Å². The molecule has 0 unspecified atom stereocenters. The summed E-state index contributed by atoms with van der Waals surface area (Å²) in [4.78, 5) is 30.5. The fourth-order valence-electron chi connectivity index (χ4n) is 3.03. The standard InChI is InChI=1S/C19H20ClN3O3/c1-26-19-16(6-3-8-21-19)18(25)22-15-11-17(24)23(12-15)9-7-13-4-2-5-14(20)10-13/h2-6,8,10,15H,7,9,11-12H2,1H3,(H,22,25)/t15-/m0/s1. The lowest BCUT2D eigenvalue weighted by atomic mass is 10.1. The third kappa shape index (κ3) is 4.32. The number of aromatic nitrogens is 1. The first kappa shape index (κ1) is 18.2. The third-order valence-electron chi connectivity index (χ3n) is 4.32. The molecule has 0 aliphatic carbocycles. The molecule has 1 aromatic heterocycles. The minimum atomic E-state index is -0.288. The van der Waals surface area contributed by atoms with Crippen molar-refractivity contribution < 1.29 is 14.3 Å². The molecule has 1 saturated heterocycles. The van der Waals surface area contributed by atoms with Gasteiger partial charge in [-0.1, -0.05) is 23.7 Å². The van der Waals surface area contributed by atoms with Crippen molar-refractivity contribution >= 4 is 23.4 Å². The zero-order chi connectivity index (χ0) is 18.5. The largest absolute Gasteiger partial charge is 0.480 e. The molecule has 3 rings (SSSR count). The third-order valence-corrected chi connectivity index (χ3v) is 4.55. The lowest BCUT2D eigenvalue weighted by Crippen LogP contribution is -2.37. The van der Waals surface area contributed by atoms with Crippen LogP contribution in [0.25, 0.3) is 0 Å². The first-order valence-electron chi connectivity index (χ1n) is 8.39. The topological polar surface area (TPSA) is 71.5 Å². The van der Waals surface area contributed by atoms with Gasteiger partial charge < -0.3 is 15.0 Å². The number of rotatable bonds is 6. The van der Waals surface area contributed by atoms with Crippen molar-refractivity contribution in [3.63, 3.8) is 0 Å². The molecule has 7 heteroatoms. The summed E-state index contributed by atoms with van der Waals surface area (Å²) in [6, 6.07) is 10.7. The fraction of sp³-hybridized carbons (Fsp3) is 0.316. The van der Waals surface area contributed by atoms with Crippen LogP contribution in [0.5, 0.6) is 5.88 Å². The van der Waals surface area contributed by atoms with Crippen LogP contribution in [0.4, 0.5) is 0 Å². The molecule has 0 radical (unpaired) electrons. The number of hydrogen-bond donors (Lipinski definition) is 1. The molecule has 1 aliphatic rings. The predicted octanol–water partition coefficient (Wildman–Crippen LogP) is 2.32. The second-order valence-electron chi connectivity index (χ2n) is 6.15. The Morgan fingerprint density at radius 3 is 3.00 bits per heavy atom. The molecule has 0 saturated carbocycles. The maximum atomic E-state index is 12.4. The lowest BCUT2D eigenvalue weighted by Gasteiger charge is -2.17. The second-order valence-corrected chi connectivity index (χ2v) is 6.59. The van der Waals surface area contributed by atoms with E-state index in [9.17, 15) is 9.59 Å². The van der Waals surface area contributed by atoms with Gasteiger partial charge in [0, 0.05) is 30.7 Å². The summed E-state index contributed by atoms with van der Waals surface area (Å²) < 4.78 is 5.11. The molecular weight excluding hydrogens is 354 g/mol. The summed E-state index contributed by atoms with van der Waals surface area (Å²) in [5.41, 5.74) is 1.44. The van der Waals surface area contributed by atoms with Gasteiger partial charge in [0.1, 0.15) is 5.56 Å². The predicted molar refractivity (Wildman–Crippen MR) is 98.4 cm³/mol. The summed E-state index contributed by atoms with van der Waals surface area (Å²) in [6.07, 6.45) is 2.58. The monoisotopic (exact) mass is 373 g/mol. The van der Waals surface area contributed by atoms with E-state index >= 15 is 0 Å². The van der Waals surface area contributed by atoms with Crippen LogP contribution in [-0.4, -0.2) is 47.9 Å². The van der Waals surface area contributed by atoms with Crippen LogP contribution in [0.1, 0.15) is 22.3 Å². The summed E-state index contributed by atoms with van der Waals surface area (Å²) in [6.45, 7) is 1.09. The van der Waals surface area contributed by atoms with E-state index in [1.807, 2.05) is 24.3 Å². The minimum absolute atomic E-state index is 0.0375. The average Bonchev–Trinajstić information content (AvgIpc) is 2.99. The van der Waals surface area contributed by atoms with Gasteiger partial charge in [-0.2, -0.15) is 0 Å². The summed E-state index contributed by atoms with van der Waals surface area (Å²) in [7, 11) is 1.47. The molecule has 6 nitrogen and oxygen atoms in total. The van der Waals surface area contributed by atoms with Gasteiger partial charge in [0.25, 0.3) is 5.91 Å². The number of carbonyl (C=O) groups is 2. The van der Waals surface area contributed by atoms with Crippen molar-refractivity contribution in [3.8, 4) is 5.88 Å². The molecule has 1 aromatic carbocycles. The number of hydrogen-bond acceptors (Lipinski definition) is 4. The van der Waals surface area contributed by atoms with Crippen molar-refractivity contribution in [3.05, 3.63) is 58.7 Å². The van der Waals surface area contributed by atoms with Gasteiger partial charge in [-0.3, -0.25) is 9.59 Å². The quantitative estimate of drug-likeness (QED) is 0.843. The van der Waals surface area contributed by atoms with Crippen LogP contribution < -0.4 is 10.1 Å². The van der Waals surface area contributed by atoms with E-state index in [2.05, 4.69) is 10.3 Å². The van der Waals surface area contributed by atoms with Crippen molar-refractivity contribution in [1.29, 1.82) is 0 Å². The Morgan fingerprint density at radius 1 is 1.38 bits per heavy atom. The Kier molecular flexibility index (Phi) is 5.73. The van der Waals surface area contributed by atoms with Crippen LogP contribution in [-0.2, 0) is 11.2 Å². The van der Waals surface area contributed by atoms with E-state index in [-0.39, 0.29) is 23.7 Å². The maximum Gasteiger partial charge on any atom is 0.257 e. The van der Waals surface area contributed by atoms with E-state index in [0.717, 1.165) is 12.0 Å². The lowest BCUT2D eigenvalue weighted by molar-refractivity contribution is -0.127. The summed E-state index contributed by atoms with van der Waals surface area (Å²) in [5, 5.41) is 3.58.